The van der Waals surface area contributed by atoms with Crippen molar-refractivity contribution in [2.24, 2.45) is 5.92 Å². The van der Waals surface area contributed by atoms with Crippen molar-refractivity contribution < 1.29 is 23.1 Å². The lowest BCUT2D eigenvalue weighted by Crippen LogP contribution is -2.33. The number of carboxylic acids is 1. The fourth-order valence-corrected chi connectivity index (χ4v) is 3.53. The number of carboxylic acid groups (broad SMARTS) is 1. The predicted octanol–water partition coefficient (Wildman–Crippen LogP) is 1.80. The Morgan fingerprint density at radius 3 is 2.60 bits per heavy atom. The molecule has 0 aliphatic rings. The highest BCUT2D eigenvalue weighted by molar-refractivity contribution is 9.10. The van der Waals surface area contributed by atoms with Crippen molar-refractivity contribution in [2.75, 3.05) is 20.7 Å². The molecule has 1 aromatic rings. The Hall–Kier alpha value is -1.12. The molecule has 0 saturated heterocycles. The number of carbonyl (C=O) groups is 1. The van der Waals surface area contributed by atoms with Crippen LogP contribution >= 0.6 is 15.9 Å². The van der Waals surface area contributed by atoms with E-state index in [1.165, 1.54) is 33.2 Å². The Labute approximate surface area is 126 Å². The number of rotatable bonds is 6. The SMILES string of the molecule is COc1ccc(Br)cc1S(=O)(=O)N(C)CC(C)C(=O)O. The van der Waals surface area contributed by atoms with Crippen molar-refractivity contribution in [3.05, 3.63) is 22.7 Å². The highest BCUT2D eigenvalue weighted by atomic mass is 79.9. The molecule has 112 valence electrons. The lowest BCUT2D eigenvalue weighted by atomic mass is 10.2. The summed E-state index contributed by atoms with van der Waals surface area (Å²) in [6, 6.07) is 4.62. The van der Waals surface area contributed by atoms with Gasteiger partial charge in [0.1, 0.15) is 10.6 Å². The maximum atomic E-state index is 12.5. The van der Waals surface area contributed by atoms with E-state index in [2.05, 4.69) is 15.9 Å². The molecule has 20 heavy (non-hydrogen) atoms. The number of hydrogen-bond donors (Lipinski definition) is 1. The fraction of sp³-hybridized carbons (Fsp3) is 0.417. The van der Waals surface area contributed by atoms with E-state index >= 15 is 0 Å². The van der Waals surface area contributed by atoms with E-state index in [1.807, 2.05) is 0 Å². The Balaban J connectivity index is 3.16. The van der Waals surface area contributed by atoms with Crippen LogP contribution in [0.5, 0.6) is 5.75 Å². The van der Waals surface area contributed by atoms with Gasteiger partial charge >= 0.3 is 5.97 Å². The summed E-state index contributed by atoms with van der Waals surface area (Å²) in [5.74, 6) is -1.63. The van der Waals surface area contributed by atoms with Gasteiger partial charge in [0.25, 0.3) is 0 Å². The summed E-state index contributed by atoms with van der Waals surface area (Å²) in [7, 11) is -1.10. The largest absolute Gasteiger partial charge is 0.495 e. The molecule has 0 aliphatic carbocycles. The standard InChI is InChI=1S/C12H16BrNO5S/c1-8(12(15)16)7-14(2)20(17,18)11-6-9(13)4-5-10(11)19-3/h4-6,8H,7H2,1-3H3,(H,15,16). The summed E-state index contributed by atoms with van der Waals surface area (Å²) in [6.07, 6.45) is 0. The minimum Gasteiger partial charge on any atom is -0.495 e. The Bertz CT molecular complexity index is 602. The first-order valence-corrected chi connectivity index (χ1v) is 7.96. The van der Waals surface area contributed by atoms with Crippen LogP contribution in [0, 0.1) is 5.92 Å². The number of hydrogen-bond acceptors (Lipinski definition) is 4. The molecule has 0 fully saturated rings. The van der Waals surface area contributed by atoms with E-state index in [4.69, 9.17) is 9.84 Å². The molecule has 1 rings (SSSR count). The summed E-state index contributed by atoms with van der Waals surface area (Å²) >= 11 is 3.21. The molecule has 8 heteroatoms. The van der Waals surface area contributed by atoms with Crippen LogP contribution in [0.4, 0.5) is 0 Å². The van der Waals surface area contributed by atoms with Crippen LogP contribution in [-0.4, -0.2) is 44.5 Å². The van der Waals surface area contributed by atoms with Gasteiger partial charge in [0.05, 0.1) is 13.0 Å². The zero-order chi connectivity index (χ0) is 15.5. The van der Waals surface area contributed by atoms with Crippen molar-refractivity contribution in [1.82, 2.24) is 4.31 Å². The lowest BCUT2D eigenvalue weighted by molar-refractivity contribution is -0.141. The second-order valence-corrected chi connectivity index (χ2v) is 7.25. The van der Waals surface area contributed by atoms with Crippen LogP contribution in [-0.2, 0) is 14.8 Å². The minimum absolute atomic E-state index is 0.00513. The topological polar surface area (TPSA) is 83.9 Å². The molecule has 0 aliphatic heterocycles. The molecule has 1 aromatic carbocycles. The molecule has 0 aromatic heterocycles. The lowest BCUT2D eigenvalue weighted by Gasteiger charge is -2.20. The summed E-state index contributed by atoms with van der Waals surface area (Å²) in [4.78, 5) is 10.8. The van der Waals surface area contributed by atoms with Gasteiger partial charge in [-0.2, -0.15) is 4.31 Å². The fourth-order valence-electron chi connectivity index (χ4n) is 1.58. The summed E-state index contributed by atoms with van der Waals surface area (Å²) in [5, 5.41) is 8.86. The van der Waals surface area contributed by atoms with Crippen LogP contribution in [0.2, 0.25) is 0 Å². The van der Waals surface area contributed by atoms with Crippen LogP contribution < -0.4 is 4.74 Å². The van der Waals surface area contributed by atoms with E-state index in [0.717, 1.165) is 4.31 Å². The van der Waals surface area contributed by atoms with Crippen LogP contribution in [0.3, 0.4) is 0 Å². The van der Waals surface area contributed by atoms with Crippen molar-refractivity contribution in [1.29, 1.82) is 0 Å². The number of aliphatic carboxylic acids is 1. The quantitative estimate of drug-likeness (QED) is 0.830. The van der Waals surface area contributed by atoms with Crippen molar-refractivity contribution in [2.45, 2.75) is 11.8 Å². The summed E-state index contributed by atoms with van der Waals surface area (Å²) in [6.45, 7) is 1.33. The van der Waals surface area contributed by atoms with Gasteiger partial charge in [-0.15, -0.1) is 0 Å². The monoisotopic (exact) mass is 365 g/mol. The van der Waals surface area contributed by atoms with E-state index in [-0.39, 0.29) is 17.2 Å². The van der Waals surface area contributed by atoms with E-state index in [0.29, 0.717) is 4.47 Å². The summed E-state index contributed by atoms with van der Waals surface area (Å²) in [5.41, 5.74) is 0. The normalized spacial score (nSPS) is 13.2. The number of nitrogens with zero attached hydrogens (tertiary/aromatic N) is 1. The number of methoxy groups -OCH3 is 1. The van der Waals surface area contributed by atoms with Crippen LogP contribution in [0.1, 0.15) is 6.92 Å². The Morgan fingerprint density at radius 1 is 1.50 bits per heavy atom. The van der Waals surface area contributed by atoms with Gasteiger partial charge in [-0.05, 0) is 18.2 Å². The minimum atomic E-state index is -3.82. The molecule has 1 unspecified atom stereocenters. The average molecular weight is 366 g/mol. The van der Waals surface area contributed by atoms with Crippen molar-refractivity contribution in [3.8, 4) is 5.75 Å². The molecule has 0 radical (unpaired) electrons. The second-order valence-electron chi connectivity index (χ2n) is 4.32. The third-order valence-electron chi connectivity index (χ3n) is 2.77. The average Bonchev–Trinajstić information content (AvgIpc) is 2.38. The zero-order valence-electron chi connectivity index (χ0n) is 11.3. The van der Waals surface area contributed by atoms with Crippen molar-refractivity contribution >= 4 is 31.9 Å². The Morgan fingerprint density at radius 2 is 2.10 bits per heavy atom. The van der Waals surface area contributed by atoms with Gasteiger partial charge in [0.2, 0.25) is 10.0 Å². The highest BCUT2D eigenvalue weighted by Crippen LogP contribution is 2.29. The molecule has 0 saturated carbocycles. The van der Waals surface area contributed by atoms with Crippen LogP contribution in [0.15, 0.2) is 27.6 Å². The van der Waals surface area contributed by atoms with Gasteiger partial charge in [-0.25, -0.2) is 8.42 Å². The predicted molar refractivity (Wildman–Crippen MR) is 77.3 cm³/mol. The third kappa shape index (κ3) is 3.71. The molecular formula is C12H16BrNO5S. The van der Waals surface area contributed by atoms with Gasteiger partial charge in [0, 0.05) is 18.1 Å². The van der Waals surface area contributed by atoms with E-state index < -0.39 is 21.9 Å². The number of halogens is 1. The third-order valence-corrected chi connectivity index (χ3v) is 5.10. The molecule has 0 amide bonds. The van der Waals surface area contributed by atoms with Crippen molar-refractivity contribution in [3.63, 3.8) is 0 Å². The summed E-state index contributed by atoms with van der Waals surface area (Å²) < 4.78 is 31.6. The maximum absolute atomic E-state index is 12.5. The second kappa shape index (κ2) is 6.55. The van der Waals surface area contributed by atoms with Crippen LogP contribution in [0.25, 0.3) is 0 Å². The highest BCUT2D eigenvalue weighted by Gasteiger charge is 2.27. The molecule has 1 atom stereocenters. The first kappa shape index (κ1) is 16.9. The molecule has 0 spiro atoms. The van der Waals surface area contributed by atoms with Gasteiger partial charge in [-0.1, -0.05) is 22.9 Å². The van der Waals surface area contributed by atoms with Gasteiger partial charge in [0.15, 0.2) is 0 Å². The first-order chi connectivity index (χ1) is 9.20. The first-order valence-electron chi connectivity index (χ1n) is 5.72. The van der Waals surface area contributed by atoms with Gasteiger partial charge in [-0.3, -0.25) is 4.79 Å². The maximum Gasteiger partial charge on any atom is 0.307 e. The zero-order valence-corrected chi connectivity index (χ0v) is 13.7. The smallest absolute Gasteiger partial charge is 0.307 e. The molecule has 0 bridgehead atoms. The molecule has 6 nitrogen and oxygen atoms in total. The number of sulfonamides is 1. The molecular weight excluding hydrogens is 350 g/mol. The van der Waals surface area contributed by atoms with E-state index in [9.17, 15) is 13.2 Å². The number of benzene rings is 1. The molecule has 1 N–H and O–H groups in total. The van der Waals surface area contributed by atoms with Gasteiger partial charge < -0.3 is 9.84 Å². The van der Waals surface area contributed by atoms with E-state index in [1.54, 1.807) is 6.07 Å². The Kier molecular flexibility index (Phi) is 5.55. The number of ether oxygens (including phenoxy) is 1. The molecule has 0 heterocycles.